The Hall–Kier alpha value is -3.87. The van der Waals surface area contributed by atoms with E-state index in [1.807, 2.05) is 0 Å². The maximum absolute atomic E-state index is 3.10. The maximum Gasteiger partial charge on any atom is -1.00 e. The smallest absolute Gasteiger partial charge is 1.00 e. The van der Waals surface area contributed by atoms with Crippen molar-refractivity contribution in [3.63, 3.8) is 0 Å². The summed E-state index contributed by atoms with van der Waals surface area (Å²) in [5.74, 6) is 0.447. The Bertz CT molecular complexity index is 2340. The molecule has 0 radical (unpaired) electrons. The molecule has 0 nitrogen and oxygen atoms in total. The SMILES string of the molecule is CCCC1C=C(C(C)(C)C)C=[C]1[Zr+2](=[C](c1ccc(C)cc1)c1ccc(C)cc1)[c]1c(-c2ccccc2)ccc2c1Cc1cc(-c3ccccc3)ccc1-2.[Cl-].[Cl-]. The van der Waals surface area contributed by atoms with Crippen molar-refractivity contribution < 1.29 is 46.1 Å². The van der Waals surface area contributed by atoms with Gasteiger partial charge in [-0.15, -0.1) is 0 Å². The molecule has 0 heterocycles. The van der Waals surface area contributed by atoms with Crippen molar-refractivity contribution in [2.75, 3.05) is 0 Å². The molecule has 0 saturated carbocycles. The van der Waals surface area contributed by atoms with E-state index in [1.165, 1.54) is 79.6 Å². The molecule has 0 aromatic heterocycles. The zero-order valence-electron chi connectivity index (χ0n) is 32.9. The molecule has 8 rings (SSSR count). The minimum atomic E-state index is -3.10. The predicted molar refractivity (Wildman–Crippen MR) is 225 cm³/mol. The molecule has 0 saturated heterocycles. The van der Waals surface area contributed by atoms with Crippen molar-refractivity contribution in [3.8, 4) is 33.4 Å². The van der Waals surface area contributed by atoms with E-state index in [1.54, 1.807) is 15.3 Å². The Morgan fingerprint density at radius 1 is 0.618 bits per heavy atom. The monoisotopic (exact) mass is 834 g/mol. The van der Waals surface area contributed by atoms with Crippen molar-refractivity contribution in [3.05, 3.63) is 194 Å². The second-order valence-corrected chi connectivity index (χ2v) is 21.9. The summed E-state index contributed by atoms with van der Waals surface area (Å²) in [6, 6.07) is 53.2. The van der Waals surface area contributed by atoms with Crippen LogP contribution in [0.5, 0.6) is 0 Å². The quantitative estimate of drug-likeness (QED) is 0.155. The predicted octanol–water partition coefficient (Wildman–Crippen LogP) is 7.02. The number of benzene rings is 6. The van der Waals surface area contributed by atoms with Crippen LogP contribution in [-0.2, 0) is 27.7 Å². The van der Waals surface area contributed by atoms with Crippen molar-refractivity contribution in [1.29, 1.82) is 0 Å². The summed E-state index contributed by atoms with van der Waals surface area (Å²) >= 11 is -3.10. The summed E-state index contributed by atoms with van der Waals surface area (Å²) in [4.78, 5) is 0. The average molecular weight is 837 g/mol. The molecule has 3 heteroatoms. The first-order chi connectivity index (χ1) is 25.7. The Morgan fingerprint density at radius 2 is 1.16 bits per heavy atom. The fourth-order valence-corrected chi connectivity index (χ4v) is 17.4. The number of aryl methyl sites for hydroxylation is 2. The molecule has 6 aromatic rings. The standard InChI is InChI=1S/C25H17.C15H14.C12H19.2ClH.Zr/c1-3-7-18(8-4-1)20-11-13-24-22(15-20)17-23-16-21(12-14-25(23)24)19-9-5-2-6-10-19;1-12-3-7-14(8-4-12)11-15-9-5-13(2)6-10-15;1-5-6-10-7-8-11(9-10)12(2,3)4;;;/h1-15H,17H2;3-10H,1-2H3;8-10H,5-6H2,1-4H3;2*1H;/q;;;;;+2/p-2. The van der Waals surface area contributed by atoms with Crippen LogP contribution in [0.4, 0.5) is 0 Å². The van der Waals surface area contributed by atoms with Crippen LogP contribution in [0.15, 0.2) is 161 Å². The summed E-state index contributed by atoms with van der Waals surface area (Å²) in [7, 11) is 0. The van der Waals surface area contributed by atoms with Gasteiger partial charge >= 0.3 is 327 Å². The van der Waals surface area contributed by atoms with Gasteiger partial charge in [0.1, 0.15) is 0 Å². The van der Waals surface area contributed by atoms with E-state index >= 15 is 0 Å². The number of allylic oxidation sites excluding steroid dienone is 4. The molecule has 55 heavy (non-hydrogen) atoms. The molecular formula is C52H50Cl2Zr. The Balaban J connectivity index is 0.00000257. The van der Waals surface area contributed by atoms with Crippen LogP contribution in [-0.4, -0.2) is 3.21 Å². The van der Waals surface area contributed by atoms with E-state index in [2.05, 4.69) is 193 Å². The number of hydrogen-bond acceptors (Lipinski definition) is 0. The Labute approximate surface area is 349 Å². The molecule has 6 aromatic carbocycles. The summed E-state index contributed by atoms with van der Waals surface area (Å²) in [6.45, 7) is 14.0. The second-order valence-electron chi connectivity index (χ2n) is 16.1. The fraction of sp³-hybridized carbons (Fsp3) is 0.212. The molecule has 1 atom stereocenters. The average Bonchev–Trinajstić information content (AvgIpc) is 3.77. The van der Waals surface area contributed by atoms with Gasteiger partial charge in [0.05, 0.1) is 0 Å². The van der Waals surface area contributed by atoms with Crippen LogP contribution in [0.2, 0.25) is 0 Å². The van der Waals surface area contributed by atoms with Crippen molar-refractivity contribution in [1.82, 2.24) is 0 Å². The molecule has 1 unspecified atom stereocenters. The molecule has 0 aliphatic heterocycles. The third-order valence-corrected chi connectivity index (χ3v) is 19.3. The molecule has 0 bridgehead atoms. The topological polar surface area (TPSA) is 0 Å². The maximum atomic E-state index is 2.70. The van der Waals surface area contributed by atoms with Gasteiger partial charge in [-0.05, 0) is 0 Å². The van der Waals surface area contributed by atoms with Gasteiger partial charge in [0.25, 0.3) is 0 Å². The van der Waals surface area contributed by atoms with Gasteiger partial charge in [0, 0.05) is 0 Å². The Morgan fingerprint density at radius 3 is 1.73 bits per heavy atom. The van der Waals surface area contributed by atoms with Crippen LogP contribution >= 0.6 is 0 Å². The second kappa shape index (κ2) is 17.1. The fourth-order valence-electron chi connectivity index (χ4n) is 8.44. The van der Waals surface area contributed by atoms with Crippen molar-refractivity contribution in [2.24, 2.45) is 11.3 Å². The number of fused-ring (bicyclic) bond motifs is 3. The molecular weight excluding hydrogens is 787 g/mol. The zero-order valence-corrected chi connectivity index (χ0v) is 36.9. The minimum absolute atomic E-state index is 0. The molecule has 0 amide bonds. The first-order valence-electron chi connectivity index (χ1n) is 19.4. The summed E-state index contributed by atoms with van der Waals surface area (Å²) in [5, 5.41) is 0. The summed E-state index contributed by atoms with van der Waals surface area (Å²) in [5.41, 5.74) is 18.1. The first-order valence-corrected chi connectivity index (χ1v) is 23.1. The van der Waals surface area contributed by atoms with E-state index in [0.717, 1.165) is 6.42 Å². The number of halogens is 2. The van der Waals surface area contributed by atoms with Crippen LogP contribution in [0.25, 0.3) is 33.4 Å². The first kappa shape index (κ1) is 40.8. The number of hydrogen-bond donors (Lipinski definition) is 0. The van der Waals surface area contributed by atoms with Gasteiger partial charge in [-0.3, -0.25) is 0 Å². The largest absolute Gasteiger partial charge is 1.00 e. The summed E-state index contributed by atoms with van der Waals surface area (Å²) < 4.78 is 4.97. The van der Waals surface area contributed by atoms with Crippen LogP contribution in [0, 0.1) is 25.2 Å². The van der Waals surface area contributed by atoms with Crippen molar-refractivity contribution in [2.45, 2.75) is 60.8 Å². The Kier molecular flexibility index (Phi) is 12.7. The van der Waals surface area contributed by atoms with E-state index in [0.29, 0.717) is 5.92 Å². The normalized spacial score (nSPS) is 14.0. The molecule has 276 valence electrons. The van der Waals surface area contributed by atoms with Gasteiger partial charge in [-0.2, -0.15) is 0 Å². The van der Waals surface area contributed by atoms with E-state index in [4.69, 9.17) is 0 Å². The molecule has 2 aliphatic rings. The van der Waals surface area contributed by atoms with Gasteiger partial charge in [0.2, 0.25) is 0 Å². The molecule has 0 fully saturated rings. The van der Waals surface area contributed by atoms with Gasteiger partial charge < -0.3 is 24.8 Å². The van der Waals surface area contributed by atoms with Crippen LogP contribution in [0.1, 0.15) is 73.9 Å². The van der Waals surface area contributed by atoms with Crippen LogP contribution in [0.3, 0.4) is 0 Å². The third kappa shape index (κ3) is 8.18. The number of rotatable bonds is 8. The molecule has 2 aliphatic carbocycles. The van der Waals surface area contributed by atoms with E-state index < -0.39 is 21.3 Å². The zero-order chi connectivity index (χ0) is 36.7. The van der Waals surface area contributed by atoms with Gasteiger partial charge in [-0.25, -0.2) is 0 Å². The van der Waals surface area contributed by atoms with E-state index in [-0.39, 0.29) is 30.2 Å². The molecule has 0 spiro atoms. The minimum Gasteiger partial charge on any atom is -1.00 e. The summed E-state index contributed by atoms with van der Waals surface area (Å²) in [6.07, 6.45) is 8.67. The van der Waals surface area contributed by atoms with Crippen LogP contribution < -0.4 is 28.1 Å². The van der Waals surface area contributed by atoms with Gasteiger partial charge in [0.15, 0.2) is 0 Å². The van der Waals surface area contributed by atoms with E-state index in [9.17, 15) is 0 Å². The third-order valence-electron chi connectivity index (χ3n) is 11.3. The van der Waals surface area contributed by atoms with Gasteiger partial charge in [-0.1, -0.05) is 0 Å². The van der Waals surface area contributed by atoms with Crippen molar-refractivity contribution >= 4 is 6.48 Å². The molecule has 0 N–H and O–H groups in total.